The molecule has 6 nitrogen and oxygen atoms in total. The maximum atomic E-state index is 13.7. The molecule has 3 unspecified atom stereocenters. The van der Waals surface area contributed by atoms with E-state index in [-0.39, 0.29) is 18.2 Å². The van der Waals surface area contributed by atoms with Crippen molar-refractivity contribution in [2.75, 3.05) is 20.8 Å². The van der Waals surface area contributed by atoms with Gasteiger partial charge in [0.15, 0.2) is 11.6 Å². The van der Waals surface area contributed by atoms with Gasteiger partial charge < -0.3 is 18.9 Å². The lowest BCUT2D eigenvalue weighted by atomic mass is 9.74. The molecule has 0 saturated heterocycles. The first-order chi connectivity index (χ1) is 15.6. The fourth-order valence-corrected chi connectivity index (χ4v) is 4.44. The van der Waals surface area contributed by atoms with E-state index in [4.69, 9.17) is 18.9 Å². The van der Waals surface area contributed by atoms with Gasteiger partial charge in [-0.15, -0.1) is 0 Å². The number of ketones is 2. The van der Waals surface area contributed by atoms with Gasteiger partial charge in [-0.1, -0.05) is 30.3 Å². The summed E-state index contributed by atoms with van der Waals surface area (Å²) in [5.41, 5.74) is 1.71. The minimum atomic E-state index is -0.721. The number of methoxy groups -OCH3 is 2. The van der Waals surface area contributed by atoms with Gasteiger partial charge in [-0.25, -0.2) is 0 Å². The Labute approximate surface area is 185 Å². The largest absolute Gasteiger partial charge is 0.497 e. The summed E-state index contributed by atoms with van der Waals surface area (Å²) in [5.74, 6) is 0.462. The molecule has 0 spiro atoms. The van der Waals surface area contributed by atoms with Crippen LogP contribution in [0.1, 0.15) is 32.4 Å². The van der Waals surface area contributed by atoms with Crippen molar-refractivity contribution in [1.29, 1.82) is 0 Å². The van der Waals surface area contributed by atoms with E-state index in [9.17, 15) is 9.59 Å². The number of carbonyl (C=O) groups is 2. The van der Waals surface area contributed by atoms with Gasteiger partial charge in [-0.2, -0.15) is 0 Å². The lowest BCUT2D eigenvalue weighted by molar-refractivity contribution is 0.0346. The van der Waals surface area contributed by atoms with Crippen LogP contribution in [0, 0.1) is 11.8 Å². The van der Waals surface area contributed by atoms with Crippen LogP contribution in [0.4, 0.5) is 0 Å². The molecule has 0 aromatic heterocycles. The van der Waals surface area contributed by atoms with Gasteiger partial charge in [0.1, 0.15) is 29.1 Å². The number of ether oxygens (including phenoxy) is 4. The van der Waals surface area contributed by atoms with E-state index in [0.717, 1.165) is 5.56 Å². The molecule has 3 aromatic rings. The van der Waals surface area contributed by atoms with E-state index in [1.165, 1.54) is 0 Å². The number of hydrogen-bond acceptors (Lipinski definition) is 6. The first kappa shape index (κ1) is 20.1. The second kappa shape index (κ2) is 8.04. The molecule has 162 valence electrons. The zero-order chi connectivity index (χ0) is 22.2. The first-order valence-electron chi connectivity index (χ1n) is 10.4. The number of Topliss-reactive ketones (excluding diaryl/α,β-unsaturated/α-hetero) is 2. The summed E-state index contributed by atoms with van der Waals surface area (Å²) >= 11 is 0. The number of fused-ring (bicyclic) bond motifs is 2. The summed E-state index contributed by atoms with van der Waals surface area (Å²) < 4.78 is 22.8. The van der Waals surface area contributed by atoms with Crippen molar-refractivity contribution in [3.8, 4) is 23.0 Å². The second-order valence-corrected chi connectivity index (χ2v) is 7.85. The van der Waals surface area contributed by atoms with Gasteiger partial charge in [0.05, 0.1) is 43.8 Å². The Morgan fingerprint density at radius 2 is 1.41 bits per heavy atom. The molecule has 2 aliphatic rings. The Hall–Kier alpha value is -3.80. The third-order valence-electron chi connectivity index (χ3n) is 6.11. The lowest BCUT2D eigenvalue weighted by Crippen LogP contribution is -2.44. The molecule has 5 rings (SSSR count). The van der Waals surface area contributed by atoms with Gasteiger partial charge in [0, 0.05) is 12.1 Å². The highest BCUT2D eigenvalue weighted by molar-refractivity contribution is 6.08. The average Bonchev–Trinajstić information content (AvgIpc) is 2.84. The van der Waals surface area contributed by atoms with Crippen LogP contribution in [-0.2, 0) is 0 Å². The van der Waals surface area contributed by atoms with Crippen LogP contribution >= 0.6 is 0 Å². The molecule has 2 aliphatic heterocycles. The number of benzene rings is 3. The van der Waals surface area contributed by atoms with Crippen molar-refractivity contribution in [2.45, 2.75) is 6.10 Å². The van der Waals surface area contributed by atoms with E-state index in [2.05, 4.69) is 0 Å². The molecule has 0 saturated carbocycles. The van der Waals surface area contributed by atoms with Crippen molar-refractivity contribution in [3.05, 3.63) is 83.4 Å². The quantitative estimate of drug-likeness (QED) is 0.606. The van der Waals surface area contributed by atoms with Crippen molar-refractivity contribution in [2.24, 2.45) is 11.8 Å². The number of rotatable bonds is 4. The Balaban J connectivity index is 1.58. The van der Waals surface area contributed by atoms with E-state index in [1.807, 2.05) is 30.3 Å². The molecule has 3 atom stereocenters. The molecule has 3 aromatic carbocycles. The topological polar surface area (TPSA) is 71.1 Å². The van der Waals surface area contributed by atoms with Crippen LogP contribution in [0.2, 0.25) is 0 Å². The van der Waals surface area contributed by atoms with E-state index >= 15 is 0 Å². The summed E-state index contributed by atoms with van der Waals surface area (Å²) in [6.45, 7) is 0.0909. The minimum Gasteiger partial charge on any atom is -0.497 e. The summed E-state index contributed by atoms with van der Waals surface area (Å²) in [5, 5.41) is 0. The van der Waals surface area contributed by atoms with Crippen molar-refractivity contribution in [3.63, 3.8) is 0 Å². The van der Waals surface area contributed by atoms with Crippen LogP contribution < -0.4 is 18.9 Å². The van der Waals surface area contributed by atoms with Gasteiger partial charge in [-0.05, 0) is 29.8 Å². The number of hydrogen-bond donors (Lipinski definition) is 0. The molecule has 0 radical (unpaired) electrons. The molecule has 6 heteroatoms. The smallest absolute Gasteiger partial charge is 0.174 e. The van der Waals surface area contributed by atoms with Crippen LogP contribution in [0.25, 0.3) is 0 Å². The fourth-order valence-electron chi connectivity index (χ4n) is 4.44. The standard InChI is InChI=1S/C26H22O6/c1-29-16-8-10-18-21(12-16)31-14-20(24(18)27)23-25(28)19-11-9-17(30-2)13-22(19)32-26(23)15-6-4-3-5-7-15/h3-13,20,23,26H,14H2,1-2H3. The van der Waals surface area contributed by atoms with Gasteiger partial charge in [0.25, 0.3) is 0 Å². The minimum absolute atomic E-state index is 0.0909. The van der Waals surface area contributed by atoms with E-state index < -0.39 is 17.9 Å². The van der Waals surface area contributed by atoms with Crippen molar-refractivity contribution < 1.29 is 28.5 Å². The zero-order valence-corrected chi connectivity index (χ0v) is 17.7. The second-order valence-electron chi connectivity index (χ2n) is 7.85. The Kier molecular flexibility index (Phi) is 5.05. The van der Waals surface area contributed by atoms with Crippen molar-refractivity contribution in [1.82, 2.24) is 0 Å². The van der Waals surface area contributed by atoms with Gasteiger partial charge in [-0.3, -0.25) is 9.59 Å². The predicted octanol–water partition coefficient (Wildman–Crippen LogP) is 4.53. The van der Waals surface area contributed by atoms with Crippen LogP contribution in [0.15, 0.2) is 66.7 Å². The molecule has 0 N–H and O–H groups in total. The molecular weight excluding hydrogens is 408 g/mol. The molecule has 0 amide bonds. The van der Waals surface area contributed by atoms with Gasteiger partial charge in [0.2, 0.25) is 0 Å². The normalized spacial score (nSPS) is 21.6. The molecule has 32 heavy (non-hydrogen) atoms. The predicted molar refractivity (Wildman–Crippen MR) is 117 cm³/mol. The van der Waals surface area contributed by atoms with Crippen LogP contribution in [0.5, 0.6) is 23.0 Å². The van der Waals surface area contributed by atoms with E-state index in [1.54, 1.807) is 50.6 Å². The summed E-state index contributed by atoms with van der Waals surface area (Å²) in [4.78, 5) is 27.2. The molecule has 0 bridgehead atoms. The Morgan fingerprint density at radius 1 is 0.781 bits per heavy atom. The third-order valence-corrected chi connectivity index (χ3v) is 6.11. The molecule has 0 aliphatic carbocycles. The fraction of sp³-hybridized carbons (Fsp3) is 0.231. The van der Waals surface area contributed by atoms with Crippen LogP contribution in [-0.4, -0.2) is 32.4 Å². The van der Waals surface area contributed by atoms with Crippen LogP contribution in [0.3, 0.4) is 0 Å². The summed E-state index contributed by atoms with van der Waals surface area (Å²) in [6, 6.07) is 19.7. The summed E-state index contributed by atoms with van der Waals surface area (Å²) in [6.07, 6.45) is -0.624. The zero-order valence-electron chi connectivity index (χ0n) is 17.7. The third kappa shape index (κ3) is 3.28. The summed E-state index contributed by atoms with van der Waals surface area (Å²) in [7, 11) is 3.12. The maximum absolute atomic E-state index is 13.7. The first-order valence-corrected chi connectivity index (χ1v) is 10.4. The van der Waals surface area contributed by atoms with Crippen molar-refractivity contribution >= 4 is 11.6 Å². The highest BCUT2D eigenvalue weighted by Gasteiger charge is 2.48. The molecule has 0 fully saturated rings. The van der Waals surface area contributed by atoms with Gasteiger partial charge >= 0.3 is 0 Å². The van der Waals surface area contributed by atoms with E-state index in [0.29, 0.717) is 34.1 Å². The molecular formula is C26H22O6. The average molecular weight is 430 g/mol. The number of carbonyl (C=O) groups excluding carboxylic acids is 2. The highest BCUT2D eigenvalue weighted by atomic mass is 16.5. The SMILES string of the molecule is COc1ccc2c(c1)OCC(C1C(=O)c3ccc(OC)cc3OC1c1ccccc1)C2=O. The monoisotopic (exact) mass is 430 g/mol. The lowest BCUT2D eigenvalue weighted by Gasteiger charge is -2.38. The maximum Gasteiger partial charge on any atom is 0.174 e. The molecule has 2 heterocycles. The Morgan fingerprint density at radius 3 is 2.06 bits per heavy atom. The Bertz CT molecular complexity index is 1190. The highest BCUT2D eigenvalue weighted by Crippen LogP contribution is 2.45.